The highest BCUT2D eigenvalue weighted by molar-refractivity contribution is 14.0. The normalized spacial score (nSPS) is 14.2. The van der Waals surface area contributed by atoms with Gasteiger partial charge in [-0.25, -0.2) is 0 Å². The van der Waals surface area contributed by atoms with Crippen LogP contribution >= 0.6 is 24.0 Å². The summed E-state index contributed by atoms with van der Waals surface area (Å²) in [4.78, 5) is 4.35. The number of phenols is 1. The summed E-state index contributed by atoms with van der Waals surface area (Å²) in [5.41, 5.74) is 4.58. The number of hydrogen-bond acceptors (Lipinski definition) is 4. The fourth-order valence-corrected chi connectivity index (χ4v) is 3.92. The number of nitrogens with zero attached hydrogens (tertiary/aromatic N) is 1. The van der Waals surface area contributed by atoms with Gasteiger partial charge in [-0.2, -0.15) is 0 Å². The van der Waals surface area contributed by atoms with E-state index in [1.165, 1.54) is 24.0 Å². The van der Waals surface area contributed by atoms with Crippen molar-refractivity contribution in [2.45, 2.75) is 45.2 Å². The number of hydrogen-bond donors (Lipinski definition) is 3. The van der Waals surface area contributed by atoms with Crippen LogP contribution in [0.4, 0.5) is 0 Å². The number of fused-ring (bicyclic) bond motifs is 1. The van der Waals surface area contributed by atoms with Crippen LogP contribution < -0.4 is 20.1 Å². The standard InChI is InChI=1S/C23H31N3O3.HI/c1-15(19-13-17(28-3)10-12-22(19)29-4)26-23(24-2)25-14-20-18-8-6-5-7-16(18)9-11-21(20)27;/h9-13,15,27H,5-8,14H2,1-4H3,(H2,24,25,26);1H. The van der Waals surface area contributed by atoms with Crippen molar-refractivity contribution in [1.29, 1.82) is 0 Å². The summed E-state index contributed by atoms with van der Waals surface area (Å²) in [7, 11) is 5.05. The van der Waals surface area contributed by atoms with Gasteiger partial charge in [-0.05, 0) is 68.0 Å². The number of guanidine groups is 1. The van der Waals surface area contributed by atoms with Crippen LogP contribution in [0, 0.1) is 0 Å². The average molecular weight is 525 g/mol. The third kappa shape index (κ3) is 5.50. The maximum atomic E-state index is 10.4. The van der Waals surface area contributed by atoms with E-state index in [1.54, 1.807) is 27.3 Å². The molecule has 0 saturated carbocycles. The molecule has 0 radical (unpaired) electrons. The monoisotopic (exact) mass is 525 g/mol. The molecule has 0 fully saturated rings. The highest BCUT2D eigenvalue weighted by atomic mass is 127. The molecule has 0 heterocycles. The summed E-state index contributed by atoms with van der Waals surface area (Å²) in [5.74, 6) is 2.57. The fourth-order valence-electron chi connectivity index (χ4n) is 3.92. The second-order valence-electron chi connectivity index (χ2n) is 7.31. The summed E-state index contributed by atoms with van der Waals surface area (Å²) in [6.45, 7) is 2.57. The zero-order chi connectivity index (χ0) is 20.8. The number of aliphatic imine (C=N–C) groups is 1. The molecule has 1 aliphatic carbocycles. The van der Waals surface area contributed by atoms with Gasteiger partial charge in [-0.1, -0.05) is 6.07 Å². The van der Waals surface area contributed by atoms with Crippen LogP contribution in [-0.2, 0) is 19.4 Å². The second kappa shape index (κ2) is 11.3. The Labute approximate surface area is 196 Å². The fraction of sp³-hybridized carbons (Fsp3) is 0.435. The van der Waals surface area contributed by atoms with Gasteiger partial charge in [-0.3, -0.25) is 4.99 Å². The van der Waals surface area contributed by atoms with E-state index < -0.39 is 0 Å². The zero-order valence-corrected chi connectivity index (χ0v) is 20.4. The predicted octanol–water partition coefficient (Wildman–Crippen LogP) is 4.33. The van der Waals surface area contributed by atoms with Crippen molar-refractivity contribution in [3.63, 3.8) is 0 Å². The average Bonchev–Trinajstić information content (AvgIpc) is 2.76. The molecular weight excluding hydrogens is 493 g/mol. The minimum Gasteiger partial charge on any atom is -0.508 e. The molecule has 2 aromatic rings. The first-order valence-corrected chi connectivity index (χ1v) is 10.1. The summed E-state index contributed by atoms with van der Waals surface area (Å²) >= 11 is 0. The van der Waals surface area contributed by atoms with Gasteiger partial charge in [0.05, 0.1) is 20.3 Å². The molecule has 0 spiro atoms. The number of benzene rings is 2. The quantitative estimate of drug-likeness (QED) is 0.298. The number of methoxy groups -OCH3 is 2. The highest BCUT2D eigenvalue weighted by Crippen LogP contribution is 2.31. The van der Waals surface area contributed by atoms with Gasteiger partial charge in [0, 0.05) is 24.7 Å². The van der Waals surface area contributed by atoms with E-state index >= 15 is 0 Å². The largest absolute Gasteiger partial charge is 0.508 e. The van der Waals surface area contributed by atoms with Crippen molar-refractivity contribution in [2.75, 3.05) is 21.3 Å². The van der Waals surface area contributed by atoms with E-state index in [2.05, 4.69) is 21.7 Å². The molecule has 1 atom stereocenters. The first kappa shape index (κ1) is 24.1. The lowest BCUT2D eigenvalue weighted by Crippen LogP contribution is -2.38. The van der Waals surface area contributed by atoms with Crippen LogP contribution in [0.15, 0.2) is 35.3 Å². The molecule has 1 unspecified atom stereocenters. The SMILES string of the molecule is CN=C(NCc1c(O)ccc2c1CCCC2)NC(C)c1cc(OC)ccc1OC.I. The molecule has 1 aliphatic rings. The van der Waals surface area contributed by atoms with Crippen molar-refractivity contribution >= 4 is 29.9 Å². The summed E-state index contributed by atoms with van der Waals surface area (Å²) in [6.07, 6.45) is 4.49. The minimum atomic E-state index is -0.0514. The van der Waals surface area contributed by atoms with Gasteiger partial charge in [0.1, 0.15) is 17.2 Å². The molecule has 30 heavy (non-hydrogen) atoms. The lowest BCUT2D eigenvalue weighted by Gasteiger charge is -2.23. The van der Waals surface area contributed by atoms with Crippen molar-refractivity contribution < 1.29 is 14.6 Å². The number of halogens is 1. The van der Waals surface area contributed by atoms with E-state index in [0.717, 1.165) is 35.5 Å². The molecule has 0 amide bonds. The summed E-state index contributed by atoms with van der Waals surface area (Å²) in [6, 6.07) is 9.55. The Hall–Kier alpha value is -2.16. The summed E-state index contributed by atoms with van der Waals surface area (Å²) < 4.78 is 10.8. The Bertz CT molecular complexity index is 886. The minimum absolute atomic E-state index is 0. The Morgan fingerprint density at radius 3 is 2.60 bits per heavy atom. The van der Waals surface area contributed by atoms with E-state index in [9.17, 15) is 5.11 Å². The number of phenolic OH excluding ortho intramolecular Hbond substituents is 1. The van der Waals surface area contributed by atoms with E-state index in [-0.39, 0.29) is 30.0 Å². The Balaban J connectivity index is 0.00000320. The van der Waals surface area contributed by atoms with Crippen molar-refractivity contribution in [3.05, 3.63) is 52.6 Å². The molecule has 3 rings (SSSR count). The molecule has 0 saturated heterocycles. The van der Waals surface area contributed by atoms with Gasteiger partial charge >= 0.3 is 0 Å². The lowest BCUT2D eigenvalue weighted by atomic mass is 9.88. The third-order valence-electron chi connectivity index (χ3n) is 5.54. The van der Waals surface area contributed by atoms with Gasteiger partial charge in [-0.15, -0.1) is 24.0 Å². The molecule has 164 valence electrons. The van der Waals surface area contributed by atoms with Crippen molar-refractivity contribution in [2.24, 2.45) is 4.99 Å². The van der Waals surface area contributed by atoms with E-state index in [4.69, 9.17) is 9.47 Å². The van der Waals surface area contributed by atoms with Gasteiger partial charge < -0.3 is 25.2 Å². The number of aromatic hydroxyl groups is 1. The smallest absolute Gasteiger partial charge is 0.191 e. The number of ether oxygens (including phenoxy) is 2. The van der Waals surface area contributed by atoms with Crippen LogP contribution in [0.25, 0.3) is 0 Å². The van der Waals surface area contributed by atoms with Crippen LogP contribution in [0.2, 0.25) is 0 Å². The highest BCUT2D eigenvalue weighted by Gasteiger charge is 2.18. The molecule has 0 bridgehead atoms. The molecular formula is C23H32IN3O3. The molecule has 7 heteroatoms. The van der Waals surface area contributed by atoms with Gasteiger partial charge in [0.2, 0.25) is 0 Å². The Morgan fingerprint density at radius 1 is 1.13 bits per heavy atom. The van der Waals surface area contributed by atoms with Gasteiger partial charge in [0.15, 0.2) is 5.96 Å². The van der Waals surface area contributed by atoms with Crippen molar-refractivity contribution in [3.8, 4) is 17.2 Å². The molecule has 0 aromatic heterocycles. The number of aryl methyl sites for hydroxylation is 1. The Morgan fingerprint density at radius 2 is 1.90 bits per heavy atom. The molecule has 0 aliphatic heterocycles. The molecule has 2 aromatic carbocycles. The maximum absolute atomic E-state index is 10.4. The number of nitrogens with one attached hydrogen (secondary N) is 2. The van der Waals surface area contributed by atoms with Crippen LogP contribution in [-0.4, -0.2) is 32.3 Å². The number of rotatable bonds is 6. The van der Waals surface area contributed by atoms with E-state index in [0.29, 0.717) is 18.3 Å². The third-order valence-corrected chi connectivity index (χ3v) is 5.54. The Kier molecular flexibility index (Phi) is 9.08. The zero-order valence-electron chi connectivity index (χ0n) is 18.1. The second-order valence-corrected chi connectivity index (χ2v) is 7.31. The molecule has 6 nitrogen and oxygen atoms in total. The van der Waals surface area contributed by atoms with Crippen molar-refractivity contribution in [1.82, 2.24) is 10.6 Å². The lowest BCUT2D eigenvalue weighted by molar-refractivity contribution is 0.394. The van der Waals surface area contributed by atoms with Crippen LogP contribution in [0.3, 0.4) is 0 Å². The molecule has 3 N–H and O–H groups in total. The topological polar surface area (TPSA) is 75.1 Å². The van der Waals surface area contributed by atoms with E-state index in [1.807, 2.05) is 25.1 Å². The summed E-state index contributed by atoms with van der Waals surface area (Å²) in [5, 5.41) is 17.2. The first-order chi connectivity index (χ1) is 14.1. The van der Waals surface area contributed by atoms with Crippen LogP contribution in [0.1, 0.15) is 48.1 Å². The predicted molar refractivity (Wildman–Crippen MR) is 131 cm³/mol. The van der Waals surface area contributed by atoms with Gasteiger partial charge in [0.25, 0.3) is 0 Å². The first-order valence-electron chi connectivity index (χ1n) is 10.1. The maximum Gasteiger partial charge on any atom is 0.191 e. The van der Waals surface area contributed by atoms with Crippen LogP contribution in [0.5, 0.6) is 17.2 Å².